The van der Waals surface area contributed by atoms with E-state index in [9.17, 15) is 4.79 Å². The van der Waals surface area contributed by atoms with Gasteiger partial charge in [0.15, 0.2) is 5.78 Å². The molecule has 1 saturated heterocycles. The van der Waals surface area contributed by atoms with Gasteiger partial charge in [0.05, 0.1) is 12.2 Å². The van der Waals surface area contributed by atoms with Gasteiger partial charge < -0.3 is 4.74 Å². The summed E-state index contributed by atoms with van der Waals surface area (Å²) < 4.78 is 5.14. The molecular weight excluding hydrogens is 152 g/mol. The highest BCUT2D eigenvalue weighted by Gasteiger charge is 2.19. The van der Waals surface area contributed by atoms with Crippen LogP contribution in [0.5, 0.6) is 0 Å². The molecule has 0 N–H and O–H groups in total. The number of ketones is 1. The van der Waals surface area contributed by atoms with Crippen LogP contribution < -0.4 is 0 Å². The van der Waals surface area contributed by atoms with E-state index in [2.05, 4.69) is 13.2 Å². The van der Waals surface area contributed by atoms with Gasteiger partial charge in [-0.15, -0.1) is 0 Å². The third-order valence-corrected chi connectivity index (χ3v) is 1.60. The van der Waals surface area contributed by atoms with E-state index in [4.69, 9.17) is 4.74 Å². The summed E-state index contributed by atoms with van der Waals surface area (Å²) >= 11 is 0. The molecule has 0 aromatic heterocycles. The Morgan fingerprint density at radius 1 is 1.67 bits per heavy atom. The summed E-state index contributed by atoms with van der Waals surface area (Å²) in [6.45, 7) is 9.62. The SMILES string of the molecule is C=C(C)/C=C1\C(=C)OCCC1=O. The molecule has 0 spiro atoms. The zero-order valence-electron chi connectivity index (χ0n) is 7.22. The third-order valence-electron chi connectivity index (χ3n) is 1.60. The lowest BCUT2D eigenvalue weighted by Gasteiger charge is -2.17. The summed E-state index contributed by atoms with van der Waals surface area (Å²) in [7, 11) is 0. The van der Waals surface area contributed by atoms with Gasteiger partial charge in [-0.1, -0.05) is 18.7 Å². The summed E-state index contributed by atoms with van der Waals surface area (Å²) in [4.78, 5) is 11.3. The maximum absolute atomic E-state index is 11.3. The number of hydrogen-bond donors (Lipinski definition) is 0. The average Bonchev–Trinajstić information content (AvgIpc) is 1.97. The van der Waals surface area contributed by atoms with E-state index in [0.29, 0.717) is 24.4 Å². The van der Waals surface area contributed by atoms with Gasteiger partial charge in [-0.25, -0.2) is 0 Å². The standard InChI is InChI=1S/C10H12O2/c1-7(2)6-9-8(3)12-5-4-10(9)11/h6H,1,3-5H2,2H3/b9-6+. The molecule has 0 aliphatic carbocycles. The van der Waals surface area contributed by atoms with Crippen LogP contribution in [-0.4, -0.2) is 12.4 Å². The zero-order chi connectivity index (χ0) is 9.14. The smallest absolute Gasteiger partial charge is 0.169 e. The monoisotopic (exact) mass is 164 g/mol. The van der Waals surface area contributed by atoms with Gasteiger partial charge in [0, 0.05) is 6.42 Å². The molecule has 1 fully saturated rings. The fourth-order valence-corrected chi connectivity index (χ4v) is 1.04. The molecule has 0 radical (unpaired) electrons. The zero-order valence-corrected chi connectivity index (χ0v) is 7.22. The first-order valence-corrected chi connectivity index (χ1v) is 3.83. The van der Waals surface area contributed by atoms with Crippen LogP contribution in [0.3, 0.4) is 0 Å². The minimum atomic E-state index is 0.0919. The molecule has 1 rings (SSSR count). The van der Waals surface area contributed by atoms with E-state index >= 15 is 0 Å². The van der Waals surface area contributed by atoms with Crippen LogP contribution in [0.4, 0.5) is 0 Å². The highest BCUT2D eigenvalue weighted by molar-refractivity contribution is 6.00. The van der Waals surface area contributed by atoms with Crippen molar-refractivity contribution in [2.24, 2.45) is 0 Å². The van der Waals surface area contributed by atoms with Gasteiger partial charge in [0.2, 0.25) is 0 Å². The summed E-state index contributed by atoms with van der Waals surface area (Å²) in [5.41, 5.74) is 1.40. The minimum Gasteiger partial charge on any atom is -0.493 e. The topological polar surface area (TPSA) is 26.3 Å². The Morgan fingerprint density at radius 2 is 2.33 bits per heavy atom. The van der Waals surface area contributed by atoms with Crippen molar-refractivity contribution in [3.8, 4) is 0 Å². The number of rotatable bonds is 1. The fraction of sp³-hybridized carbons (Fsp3) is 0.300. The van der Waals surface area contributed by atoms with Gasteiger partial charge in [-0.05, 0) is 13.0 Å². The Balaban J connectivity index is 2.90. The van der Waals surface area contributed by atoms with Crippen molar-refractivity contribution in [1.82, 2.24) is 0 Å². The Labute approximate surface area is 72.2 Å². The largest absolute Gasteiger partial charge is 0.493 e. The van der Waals surface area contributed by atoms with Crippen molar-refractivity contribution in [3.63, 3.8) is 0 Å². The molecule has 1 aliphatic rings. The molecule has 12 heavy (non-hydrogen) atoms. The van der Waals surface area contributed by atoms with Crippen molar-refractivity contribution < 1.29 is 9.53 Å². The Morgan fingerprint density at radius 3 is 2.83 bits per heavy atom. The molecule has 0 atom stereocenters. The minimum absolute atomic E-state index is 0.0919. The molecule has 0 amide bonds. The summed E-state index contributed by atoms with van der Waals surface area (Å²) in [6.07, 6.45) is 2.15. The van der Waals surface area contributed by atoms with E-state index in [1.165, 1.54) is 0 Å². The summed E-state index contributed by atoms with van der Waals surface area (Å²) in [5.74, 6) is 0.559. The lowest BCUT2D eigenvalue weighted by molar-refractivity contribution is -0.117. The average molecular weight is 164 g/mol. The third kappa shape index (κ3) is 1.84. The van der Waals surface area contributed by atoms with Crippen molar-refractivity contribution >= 4 is 5.78 Å². The Hall–Kier alpha value is -1.31. The Kier molecular flexibility index (Phi) is 2.48. The molecular formula is C10H12O2. The Bertz CT molecular complexity index is 254. The number of hydrogen-bond acceptors (Lipinski definition) is 2. The van der Waals surface area contributed by atoms with Crippen molar-refractivity contribution in [2.75, 3.05) is 6.61 Å². The predicted octanol–water partition coefficient (Wildman–Crippen LogP) is 1.99. The van der Waals surface area contributed by atoms with E-state index in [1.807, 2.05) is 6.92 Å². The molecule has 0 saturated carbocycles. The first kappa shape index (κ1) is 8.78. The van der Waals surface area contributed by atoms with Crippen molar-refractivity contribution in [3.05, 3.63) is 36.1 Å². The molecule has 0 aromatic rings. The second-order valence-electron chi connectivity index (χ2n) is 2.85. The van der Waals surface area contributed by atoms with Gasteiger partial charge >= 0.3 is 0 Å². The quantitative estimate of drug-likeness (QED) is 0.554. The second kappa shape index (κ2) is 3.39. The van der Waals surface area contributed by atoms with Gasteiger partial charge in [0.1, 0.15) is 5.76 Å². The van der Waals surface area contributed by atoms with Gasteiger partial charge in [-0.2, -0.15) is 0 Å². The molecule has 64 valence electrons. The van der Waals surface area contributed by atoms with Crippen LogP contribution in [0.25, 0.3) is 0 Å². The van der Waals surface area contributed by atoms with Crippen molar-refractivity contribution in [1.29, 1.82) is 0 Å². The maximum atomic E-state index is 11.3. The van der Waals surface area contributed by atoms with Gasteiger partial charge in [0.25, 0.3) is 0 Å². The van der Waals surface area contributed by atoms with Crippen LogP contribution >= 0.6 is 0 Å². The van der Waals surface area contributed by atoms with Crippen LogP contribution in [0.2, 0.25) is 0 Å². The molecule has 0 aromatic carbocycles. The molecule has 2 nitrogen and oxygen atoms in total. The molecule has 0 bridgehead atoms. The maximum Gasteiger partial charge on any atom is 0.169 e. The van der Waals surface area contributed by atoms with Crippen LogP contribution in [0, 0.1) is 0 Å². The highest BCUT2D eigenvalue weighted by Crippen LogP contribution is 2.19. The molecule has 1 aliphatic heterocycles. The normalized spacial score (nSPS) is 20.9. The molecule has 2 heteroatoms. The first-order valence-electron chi connectivity index (χ1n) is 3.83. The van der Waals surface area contributed by atoms with Crippen LogP contribution in [-0.2, 0) is 9.53 Å². The second-order valence-corrected chi connectivity index (χ2v) is 2.85. The lowest BCUT2D eigenvalue weighted by atomic mass is 10.0. The number of ether oxygens (including phenoxy) is 1. The fourth-order valence-electron chi connectivity index (χ4n) is 1.04. The predicted molar refractivity (Wildman–Crippen MR) is 47.6 cm³/mol. The number of allylic oxidation sites excluding steroid dienone is 3. The van der Waals surface area contributed by atoms with Crippen LogP contribution in [0.1, 0.15) is 13.3 Å². The molecule has 1 heterocycles. The lowest BCUT2D eigenvalue weighted by Crippen LogP contribution is -2.16. The van der Waals surface area contributed by atoms with E-state index < -0.39 is 0 Å². The number of carbonyl (C=O) groups is 1. The highest BCUT2D eigenvalue weighted by atomic mass is 16.5. The van der Waals surface area contributed by atoms with E-state index in [1.54, 1.807) is 6.08 Å². The van der Waals surface area contributed by atoms with Crippen molar-refractivity contribution in [2.45, 2.75) is 13.3 Å². The van der Waals surface area contributed by atoms with Gasteiger partial charge in [-0.3, -0.25) is 4.79 Å². The van der Waals surface area contributed by atoms with E-state index in [-0.39, 0.29) is 5.78 Å². The summed E-state index contributed by atoms with van der Waals surface area (Å²) in [5, 5.41) is 0. The summed E-state index contributed by atoms with van der Waals surface area (Å²) in [6, 6.07) is 0. The molecule has 0 unspecified atom stereocenters. The number of Topliss-reactive ketones (excluding diaryl/α,β-unsaturated/α-hetero) is 1. The number of carbonyl (C=O) groups excluding carboxylic acids is 1. The van der Waals surface area contributed by atoms with Crippen LogP contribution in [0.15, 0.2) is 36.1 Å². The van der Waals surface area contributed by atoms with E-state index in [0.717, 1.165) is 5.57 Å². The first-order chi connectivity index (χ1) is 5.61.